The van der Waals surface area contributed by atoms with Crippen LogP contribution in [0, 0.1) is 0 Å². The number of rotatable bonds is 6. The zero-order valence-corrected chi connectivity index (χ0v) is 11.5. The van der Waals surface area contributed by atoms with Crippen molar-refractivity contribution in [2.75, 3.05) is 6.54 Å². The lowest BCUT2D eigenvalue weighted by molar-refractivity contribution is 0.163. The fourth-order valence-corrected chi connectivity index (χ4v) is 2.34. The minimum atomic E-state index is 0.343. The Bertz CT molecular complexity index is 318. The van der Waals surface area contributed by atoms with Gasteiger partial charge in [-0.1, -0.05) is 19.1 Å². The predicted octanol–water partition coefficient (Wildman–Crippen LogP) is 3.44. The van der Waals surface area contributed by atoms with Crippen LogP contribution in [0.15, 0.2) is 24.3 Å². The van der Waals surface area contributed by atoms with Gasteiger partial charge in [0.2, 0.25) is 0 Å². The van der Waals surface area contributed by atoms with Gasteiger partial charge in [0.15, 0.2) is 0 Å². The highest BCUT2D eigenvalue weighted by molar-refractivity contribution is 5.26. The lowest BCUT2D eigenvalue weighted by Crippen LogP contribution is -2.40. The summed E-state index contributed by atoms with van der Waals surface area (Å²) in [4.78, 5) is 2.53. The first-order chi connectivity index (χ1) is 8.04. The van der Waals surface area contributed by atoms with Gasteiger partial charge in [0.1, 0.15) is 5.75 Å². The summed E-state index contributed by atoms with van der Waals surface area (Å²) in [6.45, 7) is 10.2. The molecule has 96 valence electrons. The molecule has 1 aromatic carbocycles. The first-order valence-electron chi connectivity index (χ1n) is 6.58. The molecule has 0 radical (unpaired) electrons. The highest BCUT2D eigenvalue weighted by atomic mass is 16.3. The number of aromatic hydroxyl groups is 1. The molecule has 0 aromatic heterocycles. The van der Waals surface area contributed by atoms with Crippen LogP contribution < -0.4 is 0 Å². The molecule has 0 spiro atoms. The molecule has 1 aromatic rings. The van der Waals surface area contributed by atoms with Crippen LogP contribution in [-0.4, -0.2) is 28.6 Å². The van der Waals surface area contributed by atoms with Gasteiger partial charge in [-0.25, -0.2) is 0 Å². The van der Waals surface area contributed by atoms with Crippen molar-refractivity contribution >= 4 is 0 Å². The van der Waals surface area contributed by atoms with Gasteiger partial charge in [0.05, 0.1) is 0 Å². The minimum absolute atomic E-state index is 0.343. The third-order valence-electron chi connectivity index (χ3n) is 3.18. The molecule has 0 saturated carbocycles. The van der Waals surface area contributed by atoms with E-state index in [0.29, 0.717) is 17.8 Å². The number of benzene rings is 1. The lowest BCUT2D eigenvalue weighted by atomic mass is 10.0. The zero-order chi connectivity index (χ0) is 12.8. The Morgan fingerprint density at radius 2 is 1.71 bits per heavy atom. The Morgan fingerprint density at radius 1 is 1.12 bits per heavy atom. The summed E-state index contributed by atoms with van der Waals surface area (Å²) in [6, 6.07) is 8.68. The number of phenolic OH excluding ortho intramolecular Hbond substituents is 1. The Labute approximate surface area is 105 Å². The van der Waals surface area contributed by atoms with E-state index < -0.39 is 0 Å². The van der Waals surface area contributed by atoms with Crippen LogP contribution in [0.2, 0.25) is 0 Å². The van der Waals surface area contributed by atoms with E-state index in [-0.39, 0.29) is 0 Å². The van der Waals surface area contributed by atoms with Crippen molar-refractivity contribution in [3.8, 4) is 5.75 Å². The second-order valence-corrected chi connectivity index (χ2v) is 5.05. The third kappa shape index (κ3) is 4.39. The van der Waals surface area contributed by atoms with E-state index in [2.05, 4.69) is 32.6 Å². The van der Waals surface area contributed by atoms with Crippen LogP contribution in [0.3, 0.4) is 0 Å². The average molecular weight is 235 g/mol. The first-order valence-corrected chi connectivity index (χ1v) is 6.58. The van der Waals surface area contributed by atoms with E-state index >= 15 is 0 Å². The molecule has 0 aliphatic rings. The highest BCUT2D eigenvalue weighted by Gasteiger charge is 2.16. The van der Waals surface area contributed by atoms with Crippen LogP contribution in [0.4, 0.5) is 0 Å². The van der Waals surface area contributed by atoms with E-state index in [4.69, 9.17) is 0 Å². The number of phenols is 1. The topological polar surface area (TPSA) is 23.5 Å². The Morgan fingerprint density at radius 3 is 2.18 bits per heavy atom. The molecular weight excluding hydrogens is 210 g/mol. The van der Waals surface area contributed by atoms with Gasteiger partial charge in [-0.15, -0.1) is 0 Å². The smallest absolute Gasteiger partial charge is 0.115 e. The standard InChI is InChI=1S/C15H25NO/c1-5-10-16(12(2)3)13(4)11-14-6-8-15(17)9-7-14/h6-9,12-13,17H,5,10-11H2,1-4H3. The molecule has 0 saturated heterocycles. The summed E-state index contributed by atoms with van der Waals surface area (Å²) < 4.78 is 0. The monoisotopic (exact) mass is 235 g/mol. The molecule has 1 atom stereocenters. The van der Waals surface area contributed by atoms with Crippen LogP contribution in [0.1, 0.15) is 39.7 Å². The zero-order valence-electron chi connectivity index (χ0n) is 11.5. The van der Waals surface area contributed by atoms with Crippen LogP contribution in [0.25, 0.3) is 0 Å². The number of hydrogen-bond donors (Lipinski definition) is 1. The molecule has 2 heteroatoms. The van der Waals surface area contributed by atoms with Crippen molar-refractivity contribution in [2.24, 2.45) is 0 Å². The fourth-order valence-electron chi connectivity index (χ4n) is 2.34. The normalized spacial score (nSPS) is 13.3. The largest absolute Gasteiger partial charge is 0.508 e. The van der Waals surface area contributed by atoms with Gasteiger partial charge in [-0.2, -0.15) is 0 Å². The molecule has 1 unspecified atom stereocenters. The summed E-state index contributed by atoms with van der Waals surface area (Å²) in [5.74, 6) is 0.343. The van der Waals surface area contributed by atoms with Crippen LogP contribution >= 0.6 is 0 Å². The summed E-state index contributed by atoms with van der Waals surface area (Å²) in [5, 5.41) is 9.26. The fraction of sp³-hybridized carbons (Fsp3) is 0.600. The molecule has 0 aliphatic heterocycles. The molecule has 0 fully saturated rings. The molecule has 1 rings (SSSR count). The maximum absolute atomic E-state index is 9.26. The SMILES string of the molecule is CCCN(C(C)C)C(C)Cc1ccc(O)cc1. The molecular formula is C15H25NO. The Kier molecular flexibility index (Phi) is 5.49. The summed E-state index contributed by atoms with van der Waals surface area (Å²) in [6.07, 6.45) is 2.23. The maximum Gasteiger partial charge on any atom is 0.115 e. The summed E-state index contributed by atoms with van der Waals surface area (Å²) in [5.41, 5.74) is 1.29. The van der Waals surface area contributed by atoms with E-state index in [0.717, 1.165) is 13.0 Å². The van der Waals surface area contributed by atoms with Crippen molar-refractivity contribution in [2.45, 2.75) is 52.6 Å². The highest BCUT2D eigenvalue weighted by Crippen LogP contribution is 2.15. The molecule has 17 heavy (non-hydrogen) atoms. The predicted molar refractivity (Wildman–Crippen MR) is 73.4 cm³/mol. The number of nitrogens with zero attached hydrogens (tertiary/aromatic N) is 1. The summed E-state index contributed by atoms with van der Waals surface area (Å²) >= 11 is 0. The van der Waals surface area contributed by atoms with Crippen LogP contribution in [-0.2, 0) is 6.42 Å². The van der Waals surface area contributed by atoms with Crippen molar-refractivity contribution in [1.82, 2.24) is 4.90 Å². The molecule has 2 nitrogen and oxygen atoms in total. The Balaban J connectivity index is 2.62. The Hall–Kier alpha value is -1.02. The quantitative estimate of drug-likeness (QED) is 0.816. The third-order valence-corrected chi connectivity index (χ3v) is 3.18. The van der Waals surface area contributed by atoms with Gasteiger partial charge in [0.25, 0.3) is 0 Å². The molecule has 0 heterocycles. The van der Waals surface area contributed by atoms with Crippen molar-refractivity contribution < 1.29 is 5.11 Å². The minimum Gasteiger partial charge on any atom is -0.508 e. The molecule has 0 amide bonds. The van der Waals surface area contributed by atoms with Gasteiger partial charge in [-0.05, 0) is 57.9 Å². The van der Waals surface area contributed by atoms with Gasteiger partial charge in [-0.3, -0.25) is 4.90 Å². The van der Waals surface area contributed by atoms with Crippen LogP contribution in [0.5, 0.6) is 5.75 Å². The van der Waals surface area contributed by atoms with Gasteiger partial charge >= 0.3 is 0 Å². The average Bonchev–Trinajstić information content (AvgIpc) is 2.28. The van der Waals surface area contributed by atoms with E-state index in [1.807, 2.05) is 12.1 Å². The summed E-state index contributed by atoms with van der Waals surface area (Å²) in [7, 11) is 0. The molecule has 1 N–H and O–H groups in total. The van der Waals surface area contributed by atoms with Crippen molar-refractivity contribution in [3.63, 3.8) is 0 Å². The lowest BCUT2D eigenvalue weighted by Gasteiger charge is -2.32. The first kappa shape index (κ1) is 14.0. The van der Waals surface area contributed by atoms with E-state index in [9.17, 15) is 5.11 Å². The second kappa shape index (κ2) is 6.65. The van der Waals surface area contributed by atoms with E-state index in [1.54, 1.807) is 12.1 Å². The van der Waals surface area contributed by atoms with Crippen molar-refractivity contribution in [3.05, 3.63) is 29.8 Å². The maximum atomic E-state index is 9.26. The second-order valence-electron chi connectivity index (χ2n) is 5.05. The van der Waals surface area contributed by atoms with Gasteiger partial charge < -0.3 is 5.11 Å². The molecule has 0 aliphatic carbocycles. The van der Waals surface area contributed by atoms with Crippen molar-refractivity contribution in [1.29, 1.82) is 0 Å². The molecule has 0 bridgehead atoms. The van der Waals surface area contributed by atoms with Gasteiger partial charge in [0, 0.05) is 12.1 Å². The van der Waals surface area contributed by atoms with E-state index in [1.165, 1.54) is 12.0 Å². The number of hydrogen-bond acceptors (Lipinski definition) is 2.